The molecule has 0 radical (unpaired) electrons. The van der Waals surface area contributed by atoms with Crippen LogP contribution in [0.15, 0.2) is 35.4 Å². The van der Waals surface area contributed by atoms with Gasteiger partial charge in [0.15, 0.2) is 6.29 Å². The van der Waals surface area contributed by atoms with E-state index in [0.717, 1.165) is 31.2 Å². The topological polar surface area (TPSA) is 41.5 Å². The molecule has 0 aliphatic heterocycles. The van der Waals surface area contributed by atoms with Crippen molar-refractivity contribution in [3.63, 3.8) is 0 Å². The summed E-state index contributed by atoms with van der Waals surface area (Å²) in [5.41, 5.74) is 4.33. The fraction of sp³-hybridized carbons (Fsp3) is 0.333. The first kappa shape index (κ1) is 11.4. The lowest BCUT2D eigenvalue weighted by Gasteiger charge is -2.01. The summed E-state index contributed by atoms with van der Waals surface area (Å²) in [4.78, 5) is 10.7. The number of hydrogen-bond donors (Lipinski definition) is 1. The zero-order chi connectivity index (χ0) is 10.9. The SMILES string of the molecule is CCCC/C(C=O)=N\Nc1ccccc1. The molecule has 1 aromatic rings. The quantitative estimate of drug-likeness (QED) is 0.440. The van der Waals surface area contributed by atoms with Crippen LogP contribution in [-0.2, 0) is 4.79 Å². The molecular formula is C12H16N2O. The van der Waals surface area contributed by atoms with E-state index in [1.54, 1.807) is 0 Å². The number of aldehydes is 1. The maximum Gasteiger partial charge on any atom is 0.166 e. The number of hydrogen-bond acceptors (Lipinski definition) is 3. The molecular weight excluding hydrogens is 188 g/mol. The number of benzene rings is 1. The first-order chi connectivity index (χ1) is 7.36. The van der Waals surface area contributed by atoms with Gasteiger partial charge in [0.2, 0.25) is 0 Å². The van der Waals surface area contributed by atoms with Gasteiger partial charge in [0, 0.05) is 0 Å². The van der Waals surface area contributed by atoms with Gasteiger partial charge in [0.05, 0.1) is 5.69 Å². The van der Waals surface area contributed by atoms with Gasteiger partial charge in [-0.15, -0.1) is 0 Å². The highest BCUT2D eigenvalue weighted by Gasteiger charge is 1.96. The molecule has 0 spiro atoms. The van der Waals surface area contributed by atoms with E-state index in [0.29, 0.717) is 5.71 Å². The van der Waals surface area contributed by atoms with E-state index in [2.05, 4.69) is 17.5 Å². The van der Waals surface area contributed by atoms with Crippen LogP contribution in [0, 0.1) is 0 Å². The molecule has 3 nitrogen and oxygen atoms in total. The number of para-hydroxylation sites is 1. The van der Waals surface area contributed by atoms with Crippen molar-refractivity contribution in [1.82, 2.24) is 0 Å². The summed E-state index contributed by atoms with van der Waals surface area (Å²) in [5, 5.41) is 4.05. The highest BCUT2D eigenvalue weighted by atomic mass is 16.1. The molecule has 0 unspecified atom stereocenters. The van der Waals surface area contributed by atoms with Crippen molar-refractivity contribution in [2.75, 3.05) is 5.43 Å². The van der Waals surface area contributed by atoms with E-state index in [1.807, 2.05) is 30.3 Å². The van der Waals surface area contributed by atoms with Crippen molar-refractivity contribution in [3.05, 3.63) is 30.3 Å². The minimum absolute atomic E-state index is 0.570. The molecule has 0 aliphatic rings. The monoisotopic (exact) mass is 204 g/mol. The van der Waals surface area contributed by atoms with Gasteiger partial charge in [0.25, 0.3) is 0 Å². The van der Waals surface area contributed by atoms with Crippen molar-refractivity contribution in [2.45, 2.75) is 26.2 Å². The van der Waals surface area contributed by atoms with Gasteiger partial charge < -0.3 is 0 Å². The number of anilines is 1. The van der Waals surface area contributed by atoms with Crippen LogP contribution >= 0.6 is 0 Å². The standard InChI is InChI=1S/C12H16N2O/c1-2-3-7-12(10-15)14-13-11-8-5-4-6-9-11/h4-6,8-10,13H,2-3,7H2,1H3/b14-12+. The second-order valence-corrected chi connectivity index (χ2v) is 3.30. The summed E-state index contributed by atoms with van der Waals surface area (Å²) in [6.07, 6.45) is 3.61. The third-order valence-electron chi connectivity index (χ3n) is 2.02. The van der Waals surface area contributed by atoms with Crippen LogP contribution in [0.3, 0.4) is 0 Å². The van der Waals surface area contributed by atoms with Crippen molar-refractivity contribution in [3.8, 4) is 0 Å². The average Bonchev–Trinajstić information content (AvgIpc) is 2.31. The number of rotatable bonds is 6. The Labute approximate surface area is 90.2 Å². The maximum atomic E-state index is 10.7. The Morgan fingerprint density at radius 2 is 2.13 bits per heavy atom. The smallest absolute Gasteiger partial charge is 0.166 e. The number of nitrogens with zero attached hydrogens (tertiary/aromatic N) is 1. The average molecular weight is 204 g/mol. The van der Waals surface area contributed by atoms with Gasteiger partial charge in [-0.05, 0) is 25.0 Å². The molecule has 15 heavy (non-hydrogen) atoms. The van der Waals surface area contributed by atoms with Crippen LogP contribution in [0.2, 0.25) is 0 Å². The fourth-order valence-corrected chi connectivity index (χ4v) is 1.15. The number of carbonyl (C=O) groups excluding carboxylic acids is 1. The third kappa shape index (κ3) is 4.40. The molecule has 1 rings (SSSR count). The number of hydrazone groups is 1. The molecule has 0 aromatic heterocycles. The molecule has 0 fully saturated rings. The summed E-state index contributed by atoms with van der Waals surface area (Å²) in [5.74, 6) is 0. The molecule has 3 heteroatoms. The largest absolute Gasteiger partial charge is 0.296 e. The number of carbonyl (C=O) groups is 1. The molecule has 0 heterocycles. The minimum atomic E-state index is 0.570. The van der Waals surface area contributed by atoms with Crippen molar-refractivity contribution in [2.24, 2.45) is 5.10 Å². The van der Waals surface area contributed by atoms with Crippen LogP contribution in [-0.4, -0.2) is 12.0 Å². The fourth-order valence-electron chi connectivity index (χ4n) is 1.15. The lowest BCUT2D eigenvalue weighted by molar-refractivity contribution is -0.102. The van der Waals surface area contributed by atoms with Crippen LogP contribution < -0.4 is 5.43 Å². The third-order valence-corrected chi connectivity index (χ3v) is 2.02. The Hall–Kier alpha value is -1.64. The molecule has 0 atom stereocenters. The van der Waals surface area contributed by atoms with Gasteiger partial charge in [0.1, 0.15) is 5.71 Å². The van der Waals surface area contributed by atoms with Gasteiger partial charge in [-0.1, -0.05) is 31.5 Å². The Balaban J connectivity index is 2.50. The lowest BCUT2D eigenvalue weighted by atomic mass is 10.2. The molecule has 0 amide bonds. The molecule has 0 saturated carbocycles. The second kappa shape index (κ2) is 6.76. The highest BCUT2D eigenvalue weighted by molar-refractivity contribution is 6.28. The second-order valence-electron chi connectivity index (χ2n) is 3.30. The van der Waals surface area contributed by atoms with Gasteiger partial charge in [-0.3, -0.25) is 10.2 Å². The molecule has 0 bridgehead atoms. The lowest BCUT2D eigenvalue weighted by Crippen LogP contribution is -2.03. The summed E-state index contributed by atoms with van der Waals surface area (Å²) < 4.78 is 0. The molecule has 80 valence electrons. The van der Waals surface area contributed by atoms with Crippen molar-refractivity contribution in [1.29, 1.82) is 0 Å². The van der Waals surface area contributed by atoms with Gasteiger partial charge in [-0.25, -0.2) is 0 Å². The molecule has 0 aliphatic carbocycles. The van der Waals surface area contributed by atoms with Crippen molar-refractivity contribution < 1.29 is 4.79 Å². The summed E-state index contributed by atoms with van der Waals surface area (Å²) in [6, 6.07) is 9.60. The normalized spacial score (nSPS) is 11.1. The predicted molar refractivity (Wildman–Crippen MR) is 63.1 cm³/mol. The van der Waals surface area contributed by atoms with Crippen LogP contribution in [0.4, 0.5) is 5.69 Å². The summed E-state index contributed by atoms with van der Waals surface area (Å²) in [6.45, 7) is 2.09. The van der Waals surface area contributed by atoms with Gasteiger partial charge >= 0.3 is 0 Å². The van der Waals surface area contributed by atoms with E-state index in [4.69, 9.17) is 0 Å². The first-order valence-electron chi connectivity index (χ1n) is 5.19. The predicted octanol–water partition coefficient (Wildman–Crippen LogP) is 2.84. The minimum Gasteiger partial charge on any atom is -0.296 e. The Morgan fingerprint density at radius 1 is 1.40 bits per heavy atom. The Morgan fingerprint density at radius 3 is 2.73 bits per heavy atom. The van der Waals surface area contributed by atoms with E-state index in [1.165, 1.54) is 0 Å². The van der Waals surface area contributed by atoms with Crippen LogP contribution in [0.5, 0.6) is 0 Å². The number of unbranched alkanes of at least 4 members (excludes halogenated alkanes) is 1. The Kier molecular flexibility index (Phi) is 5.15. The van der Waals surface area contributed by atoms with E-state index < -0.39 is 0 Å². The molecule has 1 aromatic carbocycles. The van der Waals surface area contributed by atoms with E-state index in [-0.39, 0.29) is 0 Å². The molecule has 0 saturated heterocycles. The highest BCUT2D eigenvalue weighted by Crippen LogP contribution is 2.05. The van der Waals surface area contributed by atoms with Crippen LogP contribution in [0.1, 0.15) is 26.2 Å². The van der Waals surface area contributed by atoms with Crippen LogP contribution in [0.25, 0.3) is 0 Å². The first-order valence-corrected chi connectivity index (χ1v) is 5.19. The zero-order valence-electron chi connectivity index (χ0n) is 8.94. The van der Waals surface area contributed by atoms with Gasteiger partial charge in [-0.2, -0.15) is 5.10 Å². The maximum absolute atomic E-state index is 10.7. The zero-order valence-corrected chi connectivity index (χ0v) is 8.94. The summed E-state index contributed by atoms with van der Waals surface area (Å²) in [7, 11) is 0. The molecule has 1 N–H and O–H groups in total. The summed E-state index contributed by atoms with van der Waals surface area (Å²) >= 11 is 0. The number of nitrogens with one attached hydrogen (secondary N) is 1. The van der Waals surface area contributed by atoms with Crippen molar-refractivity contribution >= 4 is 17.7 Å². The Bertz CT molecular complexity index is 320. The van der Waals surface area contributed by atoms with E-state index in [9.17, 15) is 4.79 Å². The van der Waals surface area contributed by atoms with E-state index >= 15 is 0 Å².